The zero-order chi connectivity index (χ0) is 14.8. The molecule has 1 aliphatic heterocycles. The number of amidine groups is 1. The fraction of sp³-hybridized carbons (Fsp3) is 0.444. The van der Waals surface area contributed by atoms with Gasteiger partial charge >= 0.3 is 0 Å². The zero-order valence-corrected chi connectivity index (χ0v) is 12.8. The first-order chi connectivity index (χ1) is 10.9. The molecule has 1 saturated carbocycles. The third-order valence-electron chi connectivity index (χ3n) is 5.08. The number of hydrogen-bond donors (Lipinski definition) is 2. The van der Waals surface area contributed by atoms with Crippen LogP contribution in [0.4, 0.5) is 5.69 Å². The van der Waals surface area contributed by atoms with Crippen molar-refractivity contribution in [2.75, 3.05) is 5.32 Å². The van der Waals surface area contributed by atoms with Crippen LogP contribution in [0.3, 0.4) is 0 Å². The standard InChI is InChI=1S/C18H22N4/c1-4-9-18(10-5-1)12-14-6-2-3-7-16(14)21-17(18)19-13-15-8-11-20-22-15/h2-3,6-8,11H,1,4-5,9-10,12-13H2,(H,19,21)(H,20,22). The molecule has 0 bridgehead atoms. The number of para-hydroxylation sites is 1. The molecular formula is C18H22N4. The van der Waals surface area contributed by atoms with Gasteiger partial charge in [0.2, 0.25) is 0 Å². The molecule has 2 aliphatic rings. The molecule has 22 heavy (non-hydrogen) atoms. The van der Waals surface area contributed by atoms with Crippen LogP contribution >= 0.6 is 0 Å². The first-order valence-electron chi connectivity index (χ1n) is 8.24. The van der Waals surface area contributed by atoms with E-state index in [0.717, 1.165) is 12.1 Å². The van der Waals surface area contributed by atoms with Crippen LogP contribution in [0.1, 0.15) is 43.4 Å². The SMILES string of the molecule is c1ccc2c(c1)CC1(CCCCC1)C(=NCc1ccn[nH]1)N2. The van der Waals surface area contributed by atoms with Gasteiger partial charge in [-0.15, -0.1) is 0 Å². The minimum Gasteiger partial charge on any atom is -0.343 e. The zero-order valence-electron chi connectivity index (χ0n) is 12.8. The molecule has 2 heterocycles. The topological polar surface area (TPSA) is 53.1 Å². The molecule has 0 atom stereocenters. The van der Waals surface area contributed by atoms with Crippen LogP contribution in [0.2, 0.25) is 0 Å². The largest absolute Gasteiger partial charge is 0.343 e. The van der Waals surface area contributed by atoms with E-state index in [9.17, 15) is 0 Å². The minimum absolute atomic E-state index is 0.215. The van der Waals surface area contributed by atoms with Gasteiger partial charge in [-0.3, -0.25) is 10.1 Å². The van der Waals surface area contributed by atoms with Crippen LogP contribution in [-0.2, 0) is 13.0 Å². The van der Waals surface area contributed by atoms with Crippen molar-refractivity contribution in [2.24, 2.45) is 10.4 Å². The second kappa shape index (κ2) is 5.59. The number of anilines is 1. The third-order valence-corrected chi connectivity index (χ3v) is 5.08. The Balaban J connectivity index is 1.68. The van der Waals surface area contributed by atoms with Crippen LogP contribution in [0.15, 0.2) is 41.5 Å². The Kier molecular flexibility index (Phi) is 3.45. The van der Waals surface area contributed by atoms with E-state index in [4.69, 9.17) is 4.99 Å². The van der Waals surface area contributed by atoms with E-state index in [0.29, 0.717) is 6.54 Å². The molecule has 4 rings (SSSR count). The summed E-state index contributed by atoms with van der Waals surface area (Å²) in [5, 5.41) is 10.6. The molecule has 2 aromatic rings. The van der Waals surface area contributed by atoms with Crippen LogP contribution in [0, 0.1) is 5.41 Å². The molecule has 2 N–H and O–H groups in total. The van der Waals surface area contributed by atoms with Gasteiger partial charge in [-0.2, -0.15) is 5.10 Å². The van der Waals surface area contributed by atoms with Crippen molar-refractivity contribution in [2.45, 2.75) is 45.1 Å². The molecule has 1 aromatic carbocycles. The van der Waals surface area contributed by atoms with Gasteiger partial charge in [0.25, 0.3) is 0 Å². The average Bonchev–Trinajstić information content (AvgIpc) is 3.07. The molecule has 0 unspecified atom stereocenters. The maximum atomic E-state index is 4.94. The molecule has 0 radical (unpaired) electrons. The molecule has 0 amide bonds. The highest BCUT2D eigenvalue weighted by Crippen LogP contribution is 2.44. The Morgan fingerprint density at radius 2 is 1.95 bits per heavy atom. The van der Waals surface area contributed by atoms with E-state index >= 15 is 0 Å². The first kappa shape index (κ1) is 13.6. The monoisotopic (exact) mass is 294 g/mol. The Morgan fingerprint density at radius 1 is 1.09 bits per heavy atom. The van der Waals surface area contributed by atoms with Crippen LogP contribution in [-0.4, -0.2) is 16.0 Å². The summed E-state index contributed by atoms with van der Waals surface area (Å²) < 4.78 is 0. The molecule has 1 spiro atoms. The molecule has 4 heteroatoms. The average molecular weight is 294 g/mol. The number of fused-ring (bicyclic) bond motifs is 1. The van der Waals surface area contributed by atoms with Gasteiger partial charge in [-0.1, -0.05) is 37.5 Å². The van der Waals surface area contributed by atoms with Crippen molar-refractivity contribution in [1.29, 1.82) is 0 Å². The van der Waals surface area contributed by atoms with E-state index in [1.807, 2.05) is 6.07 Å². The van der Waals surface area contributed by atoms with Crippen LogP contribution < -0.4 is 5.32 Å². The first-order valence-corrected chi connectivity index (χ1v) is 8.24. The summed E-state index contributed by atoms with van der Waals surface area (Å²) in [7, 11) is 0. The predicted molar refractivity (Wildman–Crippen MR) is 89.0 cm³/mol. The lowest BCUT2D eigenvalue weighted by Crippen LogP contribution is -2.43. The van der Waals surface area contributed by atoms with Gasteiger partial charge in [0.15, 0.2) is 0 Å². The van der Waals surface area contributed by atoms with E-state index in [1.165, 1.54) is 49.2 Å². The smallest absolute Gasteiger partial charge is 0.108 e. The Morgan fingerprint density at radius 3 is 2.77 bits per heavy atom. The summed E-state index contributed by atoms with van der Waals surface area (Å²) >= 11 is 0. The van der Waals surface area contributed by atoms with Gasteiger partial charge in [-0.25, -0.2) is 0 Å². The highest BCUT2D eigenvalue weighted by molar-refractivity contribution is 6.02. The van der Waals surface area contributed by atoms with Crippen molar-refractivity contribution in [3.8, 4) is 0 Å². The van der Waals surface area contributed by atoms with Gasteiger partial charge in [-0.05, 0) is 37.0 Å². The number of aliphatic imine (C=N–C) groups is 1. The number of nitrogens with zero attached hydrogens (tertiary/aromatic N) is 2. The maximum Gasteiger partial charge on any atom is 0.108 e. The second-order valence-corrected chi connectivity index (χ2v) is 6.55. The second-order valence-electron chi connectivity index (χ2n) is 6.55. The quantitative estimate of drug-likeness (QED) is 0.882. The number of aromatic nitrogens is 2. The molecule has 1 aromatic heterocycles. The van der Waals surface area contributed by atoms with Gasteiger partial charge in [0, 0.05) is 17.3 Å². The number of H-pyrrole nitrogens is 1. The Bertz CT molecular complexity index is 666. The van der Waals surface area contributed by atoms with Crippen LogP contribution in [0.25, 0.3) is 0 Å². The maximum absolute atomic E-state index is 4.94. The summed E-state index contributed by atoms with van der Waals surface area (Å²) in [5.41, 5.74) is 3.94. The fourth-order valence-corrected chi connectivity index (χ4v) is 3.89. The summed E-state index contributed by atoms with van der Waals surface area (Å²) in [4.78, 5) is 4.94. The van der Waals surface area contributed by atoms with E-state index in [-0.39, 0.29) is 5.41 Å². The minimum atomic E-state index is 0.215. The van der Waals surface area contributed by atoms with E-state index in [1.54, 1.807) is 6.20 Å². The molecule has 0 saturated heterocycles. The number of aromatic amines is 1. The van der Waals surface area contributed by atoms with Gasteiger partial charge < -0.3 is 5.32 Å². The lowest BCUT2D eigenvalue weighted by molar-refractivity contribution is 0.278. The molecule has 1 fully saturated rings. The highest BCUT2D eigenvalue weighted by atomic mass is 15.1. The van der Waals surface area contributed by atoms with Crippen molar-refractivity contribution >= 4 is 11.5 Å². The number of rotatable bonds is 2. The van der Waals surface area contributed by atoms with Gasteiger partial charge in [0.1, 0.15) is 5.84 Å². The molecule has 4 nitrogen and oxygen atoms in total. The summed E-state index contributed by atoms with van der Waals surface area (Å²) in [6.45, 7) is 0.673. The molecule has 1 aliphatic carbocycles. The van der Waals surface area contributed by atoms with Crippen molar-refractivity contribution in [3.63, 3.8) is 0 Å². The fourth-order valence-electron chi connectivity index (χ4n) is 3.89. The summed E-state index contributed by atoms with van der Waals surface area (Å²) in [6.07, 6.45) is 9.39. The van der Waals surface area contributed by atoms with Crippen molar-refractivity contribution < 1.29 is 0 Å². The van der Waals surface area contributed by atoms with E-state index < -0.39 is 0 Å². The normalized spacial score (nSPS) is 21.5. The number of nitrogens with one attached hydrogen (secondary N) is 2. The van der Waals surface area contributed by atoms with Crippen molar-refractivity contribution in [1.82, 2.24) is 10.2 Å². The summed E-state index contributed by atoms with van der Waals surface area (Å²) in [5.74, 6) is 1.18. The van der Waals surface area contributed by atoms with E-state index in [2.05, 4.69) is 39.8 Å². The summed E-state index contributed by atoms with van der Waals surface area (Å²) in [6, 6.07) is 10.6. The lowest BCUT2D eigenvalue weighted by Gasteiger charge is -2.42. The highest BCUT2D eigenvalue weighted by Gasteiger charge is 2.40. The molecule has 114 valence electrons. The Hall–Kier alpha value is -2.10. The number of benzene rings is 1. The van der Waals surface area contributed by atoms with Crippen molar-refractivity contribution in [3.05, 3.63) is 47.8 Å². The number of hydrogen-bond acceptors (Lipinski definition) is 2. The lowest BCUT2D eigenvalue weighted by atomic mass is 9.67. The Labute approximate surface area is 131 Å². The van der Waals surface area contributed by atoms with Crippen LogP contribution in [0.5, 0.6) is 0 Å². The van der Waals surface area contributed by atoms with Gasteiger partial charge in [0.05, 0.1) is 12.2 Å². The molecular weight excluding hydrogens is 272 g/mol. The predicted octanol–water partition coefficient (Wildman–Crippen LogP) is 3.93. The third kappa shape index (κ3) is 2.43.